The van der Waals surface area contributed by atoms with Gasteiger partial charge in [-0.3, -0.25) is 4.99 Å². The van der Waals surface area contributed by atoms with Gasteiger partial charge in [-0.05, 0) is 45.7 Å². The molecule has 7 nitrogen and oxygen atoms in total. The summed E-state index contributed by atoms with van der Waals surface area (Å²) in [5, 5.41) is 6.76. The lowest BCUT2D eigenvalue weighted by atomic mass is 10.2. The zero-order chi connectivity index (χ0) is 18.5. The Kier molecular flexibility index (Phi) is 14.5. The molecule has 2 rings (SSSR count). The Balaban J connectivity index is 0.00000364. The Bertz CT molecular complexity index is 386. The number of rotatable bonds is 11. The number of ether oxygens (including phenoxy) is 2. The summed E-state index contributed by atoms with van der Waals surface area (Å²) in [6.07, 6.45) is 6.04. The van der Waals surface area contributed by atoms with Crippen LogP contribution in [0.5, 0.6) is 0 Å². The number of halogens is 1. The van der Waals surface area contributed by atoms with E-state index in [0.29, 0.717) is 6.10 Å². The largest absolute Gasteiger partial charge is 0.379 e. The summed E-state index contributed by atoms with van der Waals surface area (Å²) in [7, 11) is 4.03. The molecule has 2 aliphatic heterocycles. The van der Waals surface area contributed by atoms with Gasteiger partial charge in [0.25, 0.3) is 0 Å². The second-order valence-electron chi connectivity index (χ2n) is 7.34. The summed E-state index contributed by atoms with van der Waals surface area (Å²) in [4.78, 5) is 9.26. The van der Waals surface area contributed by atoms with Gasteiger partial charge in [-0.2, -0.15) is 0 Å². The van der Waals surface area contributed by atoms with E-state index in [0.717, 1.165) is 51.7 Å². The highest BCUT2D eigenvalue weighted by molar-refractivity contribution is 14.0. The Hall–Kier alpha value is -0.160. The van der Waals surface area contributed by atoms with Crippen LogP contribution in [-0.2, 0) is 9.47 Å². The van der Waals surface area contributed by atoms with Crippen molar-refractivity contribution in [3.05, 3.63) is 0 Å². The van der Waals surface area contributed by atoms with Crippen molar-refractivity contribution in [3.8, 4) is 0 Å². The first-order valence-corrected chi connectivity index (χ1v) is 10.3. The molecule has 0 aliphatic carbocycles. The number of likely N-dealkylation sites (N-methyl/N-ethyl adjacent to an activating group) is 1. The summed E-state index contributed by atoms with van der Waals surface area (Å²) in [5.74, 6) is 0.892. The number of nitrogens with one attached hydrogen (secondary N) is 2. The van der Waals surface area contributed by atoms with Gasteiger partial charge >= 0.3 is 0 Å². The molecule has 0 amide bonds. The van der Waals surface area contributed by atoms with E-state index in [-0.39, 0.29) is 24.0 Å². The standard InChI is InChI=1S/C19H39N5O2.HI/c1-20-19(22-9-6-15-25-17-18-7-5-16-26-18)21-8-3-4-10-24-13-11-23(2)12-14-24;/h18H,3-17H2,1-2H3,(H2,20,21,22);1H. The van der Waals surface area contributed by atoms with Crippen LogP contribution in [0, 0.1) is 0 Å². The number of nitrogens with zero attached hydrogens (tertiary/aromatic N) is 3. The van der Waals surface area contributed by atoms with Gasteiger partial charge in [0.2, 0.25) is 0 Å². The zero-order valence-corrected chi connectivity index (χ0v) is 19.6. The maximum Gasteiger partial charge on any atom is 0.190 e. The van der Waals surface area contributed by atoms with Crippen molar-refractivity contribution in [2.45, 2.75) is 38.2 Å². The first-order valence-electron chi connectivity index (χ1n) is 10.3. The molecule has 1 atom stereocenters. The van der Waals surface area contributed by atoms with E-state index >= 15 is 0 Å². The first kappa shape index (κ1) is 24.9. The van der Waals surface area contributed by atoms with Gasteiger partial charge < -0.3 is 29.9 Å². The summed E-state index contributed by atoms with van der Waals surface area (Å²) in [5.41, 5.74) is 0. The van der Waals surface area contributed by atoms with Crippen molar-refractivity contribution in [3.63, 3.8) is 0 Å². The van der Waals surface area contributed by atoms with Gasteiger partial charge in [0.1, 0.15) is 0 Å². The molecule has 0 aromatic rings. The van der Waals surface area contributed by atoms with Crippen LogP contribution in [0.25, 0.3) is 0 Å². The van der Waals surface area contributed by atoms with Gasteiger partial charge in [-0.1, -0.05) is 0 Å². The first-order chi connectivity index (χ1) is 12.8. The van der Waals surface area contributed by atoms with Crippen molar-refractivity contribution < 1.29 is 9.47 Å². The van der Waals surface area contributed by atoms with Crippen LogP contribution in [-0.4, -0.2) is 102 Å². The summed E-state index contributed by atoms with van der Waals surface area (Å²) >= 11 is 0. The molecule has 1 unspecified atom stereocenters. The lowest BCUT2D eigenvalue weighted by Gasteiger charge is -2.32. The second-order valence-corrected chi connectivity index (χ2v) is 7.34. The Labute approximate surface area is 182 Å². The molecule has 160 valence electrons. The molecular formula is C19H40IN5O2. The average Bonchev–Trinajstić information content (AvgIpc) is 3.17. The zero-order valence-electron chi connectivity index (χ0n) is 17.3. The maximum atomic E-state index is 5.68. The third-order valence-electron chi connectivity index (χ3n) is 5.10. The highest BCUT2D eigenvalue weighted by Crippen LogP contribution is 2.11. The fourth-order valence-corrected chi connectivity index (χ4v) is 3.33. The van der Waals surface area contributed by atoms with Crippen LogP contribution in [0.4, 0.5) is 0 Å². The SMILES string of the molecule is CN=C(NCCCCN1CCN(C)CC1)NCCCOCC1CCCO1.I. The summed E-state index contributed by atoms with van der Waals surface area (Å²) < 4.78 is 11.2. The van der Waals surface area contributed by atoms with Crippen molar-refractivity contribution in [1.29, 1.82) is 0 Å². The molecule has 2 saturated heterocycles. The molecule has 27 heavy (non-hydrogen) atoms. The molecule has 2 aliphatic rings. The van der Waals surface area contributed by atoms with Crippen LogP contribution < -0.4 is 10.6 Å². The monoisotopic (exact) mass is 497 g/mol. The lowest BCUT2D eigenvalue weighted by Crippen LogP contribution is -2.44. The quantitative estimate of drug-likeness (QED) is 0.195. The van der Waals surface area contributed by atoms with E-state index in [9.17, 15) is 0 Å². The molecule has 0 aromatic heterocycles. The van der Waals surface area contributed by atoms with Crippen molar-refractivity contribution in [2.75, 3.05) is 79.7 Å². The van der Waals surface area contributed by atoms with Gasteiger partial charge in [0.05, 0.1) is 12.7 Å². The molecule has 0 saturated carbocycles. The average molecular weight is 497 g/mol. The van der Waals surface area contributed by atoms with Gasteiger partial charge in [-0.25, -0.2) is 0 Å². The van der Waals surface area contributed by atoms with E-state index in [4.69, 9.17) is 9.47 Å². The fraction of sp³-hybridized carbons (Fsp3) is 0.947. The topological polar surface area (TPSA) is 61.4 Å². The number of aliphatic imine (C=N–C) groups is 1. The van der Waals surface area contributed by atoms with Crippen molar-refractivity contribution in [1.82, 2.24) is 20.4 Å². The highest BCUT2D eigenvalue weighted by atomic mass is 127. The Morgan fingerprint density at radius 3 is 2.52 bits per heavy atom. The maximum absolute atomic E-state index is 5.68. The molecular weight excluding hydrogens is 457 g/mol. The molecule has 0 bridgehead atoms. The number of hydrogen-bond donors (Lipinski definition) is 2. The van der Waals surface area contributed by atoms with E-state index in [2.05, 4.69) is 32.5 Å². The van der Waals surface area contributed by atoms with Gasteiger partial charge in [0, 0.05) is 59.5 Å². The molecule has 2 heterocycles. The van der Waals surface area contributed by atoms with Crippen LogP contribution in [0.2, 0.25) is 0 Å². The van der Waals surface area contributed by atoms with Gasteiger partial charge in [0.15, 0.2) is 5.96 Å². The van der Waals surface area contributed by atoms with Crippen LogP contribution in [0.1, 0.15) is 32.1 Å². The van der Waals surface area contributed by atoms with Crippen molar-refractivity contribution >= 4 is 29.9 Å². The third kappa shape index (κ3) is 11.4. The Morgan fingerprint density at radius 1 is 1.11 bits per heavy atom. The van der Waals surface area contributed by atoms with E-state index < -0.39 is 0 Å². The molecule has 2 fully saturated rings. The molecule has 0 radical (unpaired) electrons. The minimum Gasteiger partial charge on any atom is -0.379 e. The lowest BCUT2D eigenvalue weighted by molar-refractivity contribution is 0.0168. The highest BCUT2D eigenvalue weighted by Gasteiger charge is 2.15. The minimum absolute atomic E-state index is 0. The van der Waals surface area contributed by atoms with Crippen LogP contribution in [0.3, 0.4) is 0 Å². The second kappa shape index (κ2) is 15.7. The predicted molar refractivity (Wildman–Crippen MR) is 122 cm³/mol. The van der Waals surface area contributed by atoms with E-state index in [1.165, 1.54) is 52.0 Å². The Morgan fingerprint density at radius 2 is 1.85 bits per heavy atom. The van der Waals surface area contributed by atoms with Crippen LogP contribution in [0.15, 0.2) is 4.99 Å². The smallest absolute Gasteiger partial charge is 0.190 e. The summed E-state index contributed by atoms with van der Waals surface area (Å²) in [6, 6.07) is 0. The fourth-order valence-electron chi connectivity index (χ4n) is 3.33. The minimum atomic E-state index is 0. The van der Waals surface area contributed by atoms with E-state index in [1.807, 2.05) is 7.05 Å². The molecule has 0 spiro atoms. The molecule has 2 N–H and O–H groups in total. The van der Waals surface area contributed by atoms with Crippen molar-refractivity contribution in [2.24, 2.45) is 4.99 Å². The number of guanidine groups is 1. The van der Waals surface area contributed by atoms with Gasteiger partial charge in [-0.15, -0.1) is 24.0 Å². The van der Waals surface area contributed by atoms with Crippen LogP contribution >= 0.6 is 24.0 Å². The number of unbranched alkanes of at least 4 members (excludes halogenated alkanes) is 1. The summed E-state index contributed by atoms with van der Waals surface area (Å²) in [6.45, 7) is 10.3. The number of piperazine rings is 1. The normalized spacial score (nSPS) is 21.9. The molecule has 0 aromatic carbocycles. The number of hydrogen-bond acceptors (Lipinski definition) is 5. The molecule has 8 heteroatoms. The predicted octanol–water partition coefficient (Wildman–Crippen LogP) is 1.38. The third-order valence-corrected chi connectivity index (χ3v) is 5.10. The van der Waals surface area contributed by atoms with E-state index in [1.54, 1.807) is 0 Å².